The highest BCUT2D eigenvalue weighted by atomic mass is 32.1. The highest BCUT2D eigenvalue weighted by molar-refractivity contribution is 7.80. The van der Waals surface area contributed by atoms with E-state index in [4.69, 9.17) is 17.1 Å². The largest absolute Gasteiger partial charge is 0.361 e. The lowest BCUT2D eigenvalue weighted by molar-refractivity contribution is 0.141. The van der Waals surface area contributed by atoms with Crippen LogP contribution in [0.3, 0.4) is 0 Å². The molecule has 2 N–H and O–H groups in total. The number of aromatic nitrogens is 1. The lowest BCUT2D eigenvalue weighted by atomic mass is 9.85. The topological polar surface area (TPSA) is 43.5 Å². The molecule has 0 aliphatic carbocycles. The van der Waals surface area contributed by atoms with Crippen molar-refractivity contribution in [3.05, 3.63) is 60.3 Å². The van der Waals surface area contributed by atoms with Gasteiger partial charge in [0.25, 0.3) is 0 Å². The molecule has 0 saturated carbocycles. The van der Waals surface area contributed by atoms with Crippen molar-refractivity contribution in [3.8, 4) is 0 Å². The number of H-pyrrole nitrogens is 1. The van der Waals surface area contributed by atoms with E-state index in [1.807, 2.05) is 30.3 Å². The first kappa shape index (κ1) is 22.4. The third-order valence-corrected chi connectivity index (χ3v) is 7.39. The van der Waals surface area contributed by atoms with Crippen molar-refractivity contribution in [3.63, 3.8) is 0 Å². The van der Waals surface area contributed by atoms with Gasteiger partial charge in [0.15, 0.2) is 0 Å². The Morgan fingerprint density at radius 2 is 2.06 bits per heavy atom. The molecule has 0 spiro atoms. The van der Waals surface area contributed by atoms with E-state index in [1.54, 1.807) is 5.06 Å². The van der Waals surface area contributed by atoms with Crippen molar-refractivity contribution in [1.29, 1.82) is 0 Å². The zero-order valence-electron chi connectivity index (χ0n) is 19.4. The molecular formula is C27H34N4OS. The number of para-hydroxylation sites is 1. The van der Waals surface area contributed by atoms with E-state index >= 15 is 0 Å². The van der Waals surface area contributed by atoms with E-state index in [1.165, 1.54) is 55.2 Å². The molecule has 33 heavy (non-hydrogen) atoms. The molecule has 2 fully saturated rings. The smallest absolute Gasteiger partial charge is 0.202 e. The molecule has 3 heterocycles. The monoisotopic (exact) mass is 462 g/mol. The molecule has 2 aromatic carbocycles. The molecule has 2 unspecified atom stereocenters. The number of hydrogen-bond donors (Lipinski definition) is 2. The molecule has 174 valence electrons. The molecule has 6 heteroatoms. The van der Waals surface area contributed by atoms with Crippen LogP contribution >= 0.6 is 12.2 Å². The number of unbranched alkanes of at least 4 members (excludes halogenated alkanes) is 1. The van der Waals surface area contributed by atoms with Gasteiger partial charge in [0.05, 0.1) is 12.3 Å². The van der Waals surface area contributed by atoms with Crippen LogP contribution in [0.5, 0.6) is 0 Å². The number of nitrogens with one attached hydrogen (secondary N) is 2. The Bertz CT molecular complexity index is 1080. The van der Waals surface area contributed by atoms with Crippen molar-refractivity contribution in [2.75, 3.05) is 30.1 Å². The van der Waals surface area contributed by atoms with Gasteiger partial charge in [0, 0.05) is 28.8 Å². The summed E-state index contributed by atoms with van der Waals surface area (Å²) in [6.45, 7) is 5.31. The first-order valence-corrected chi connectivity index (χ1v) is 12.8. The molecule has 0 amide bonds. The highest BCUT2D eigenvalue weighted by Gasteiger charge is 2.33. The Labute approximate surface area is 202 Å². The fourth-order valence-corrected chi connectivity index (χ4v) is 5.63. The Morgan fingerprint density at radius 3 is 2.91 bits per heavy atom. The lowest BCUT2D eigenvalue weighted by Crippen LogP contribution is -2.37. The van der Waals surface area contributed by atoms with Crippen LogP contribution in [0.4, 0.5) is 11.4 Å². The number of rotatable bonds is 7. The summed E-state index contributed by atoms with van der Waals surface area (Å²) in [5, 5.41) is 7.02. The SMILES string of the molecule is CCCCON(C(=S)Nc1ccc2[nH]cc(C3CCN4CCCC4C3)c2c1)c1ccccc1. The average Bonchev–Trinajstić information content (AvgIpc) is 3.48. The van der Waals surface area contributed by atoms with Crippen LogP contribution in [0.2, 0.25) is 0 Å². The van der Waals surface area contributed by atoms with Crippen LogP contribution in [-0.4, -0.2) is 40.7 Å². The van der Waals surface area contributed by atoms with Crippen LogP contribution in [0.25, 0.3) is 10.9 Å². The van der Waals surface area contributed by atoms with Crippen molar-refractivity contribution < 1.29 is 4.84 Å². The second kappa shape index (κ2) is 10.2. The minimum absolute atomic E-state index is 0.549. The Kier molecular flexibility index (Phi) is 6.95. The number of piperidine rings is 1. The van der Waals surface area contributed by atoms with Crippen molar-refractivity contribution in [2.24, 2.45) is 0 Å². The maximum absolute atomic E-state index is 6.05. The van der Waals surface area contributed by atoms with Crippen LogP contribution in [-0.2, 0) is 4.84 Å². The zero-order chi connectivity index (χ0) is 22.6. The van der Waals surface area contributed by atoms with Gasteiger partial charge < -0.3 is 15.2 Å². The first-order valence-electron chi connectivity index (χ1n) is 12.4. The van der Waals surface area contributed by atoms with Crippen LogP contribution in [0.1, 0.15) is 56.9 Å². The molecule has 2 aliphatic heterocycles. The van der Waals surface area contributed by atoms with E-state index in [-0.39, 0.29) is 0 Å². The lowest BCUT2D eigenvalue weighted by Gasteiger charge is -2.34. The number of fused-ring (bicyclic) bond motifs is 2. The van der Waals surface area contributed by atoms with Crippen molar-refractivity contribution in [1.82, 2.24) is 9.88 Å². The summed E-state index contributed by atoms with van der Waals surface area (Å²) in [7, 11) is 0. The van der Waals surface area contributed by atoms with E-state index in [2.05, 4.69) is 46.5 Å². The number of hydrogen-bond acceptors (Lipinski definition) is 3. The van der Waals surface area contributed by atoms with Gasteiger partial charge in [-0.05, 0) is 99.2 Å². The van der Waals surface area contributed by atoms with E-state index in [0.717, 1.165) is 30.3 Å². The van der Waals surface area contributed by atoms with Crippen molar-refractivity contribution in [2.45, 2.75) is 57.4 Å². The zero-order valence-corrected chi connectivity index (χ0v) is 20.2. The summed E-state index contributed by atoms with van der Waals surface area (Å²) in [6, 6.07) is 17.3. The minimum atomic E-state index is 0.549. The minimum Gasteiger partial charge on any atom is -0.361 e. The molecular weight excluding hydrogens is 428 g/mol. The van der Waals surface area contributed by atoms with E-state index in [0.29, 0.717) is 17.6 Å². The Morgan fingerprint density at radius 1 is 1.18 bits per heavy atom. The second-order valence-corrected chi connectivity index (χ2v) is 9.69. The van der Waals surface area contributed by atoms with Gasteiger partial charge >= 0.3 is 0 Å². The average molecular weight is 463 g/mol. The maximum Gasteiger partial charge on any atom is 0.202 e. The van der Waals surface area contributed by atoms with Crippen molar-refractivity contribution >= 4 is 39.6 Å². The highest BCUT2D eigenvalue weighted by Crippen LogP contribution is 2.39. The van der Waals surface area contributed by atoms with Gasteiger partial charge in [-0.2, -0.15) is 5.06 Å². The summed E-state index contributed by atoms with van der Waals surface area (Å²) < 4.78 is 0. The van der Waals surface area contributed by atoms with Gasteiger partial charge in [-0.3, -0.25) is 4.84 Å². The normalized spacial score (nSPS) is 20.6. The number of aromatic amines is 1. The van der Waals surface area contributed by atoms with Gasteiger partial charge in [-0.1, -0.05) is 31.5 Å². The molecule has 2 saturated heterocycles. The van der Waals surface area contributed by atoms with Gasteiger partial charge in [0.1, 0.15) is 0 Å². The number of thiocarbonyl (C=S) groups is 1. The van der Waals surface area contributed by atoms with E-state index in [9.17, 15) is 0 Å². The first-order chi connectivity index (χ1) is 16.2. The van der Waals surface area contributed by atoms with Gasteiger partial charge in [-0.25, -0.2) is 0 Å². The second-order valence-electron chi connectivity index (χ2n) is 9.30. The summed E-state index contributed by atoms with van der Waals surface area (Å²) >= 11 is 5.78. The predicted molar refractivity (Wildman–Crippen MR) is 141 cm³/mol. The summed E-state index contributed by atoms with van der Waals surface area (Å²) in [6.07, 6.45) is 9.52. The number of nitrogens with zero attached hydrogens (tertiary/aromatic N) is 2. The molecule has 0 bridgehead atoms. The molecule has 0 radical (unpaired) electrons. The molecule has 2 atom stereocenters. The summed E-state index contributed by atoms with van der Waals surface area (Å²) in [4.78, 5) is 12.2. The molecule has 5 rings (SSSR count). The fourth-order valence-electron chi connectivity index (χ4n) is 5.35. The maximum atomic E-state index is 6.05. The number of benzene rings is 2. The number of anilines is 2. The fraction of sp³-hybridized carbons (Fsp3) is 0.444. The number of hydroxylamine groups is 1. The standard InChI is InChI=1S/C27H34N4OS/c1-2-3-16-32-31(22-8-5-4-6-9-22)27(33)29-21-11-12-26-24(18-21)25(19-28-26)20-13-15-30-14-7-10-23(30)17-20/h4-6,8-9,11-12,18-20,23,28H,2-3,7,10,13-17H2,1H3,(H,29,33). The quantitative estimate of drug-likeness (QED) is 0.240. The third kappa shape index (κ3) is 4.93. The molecule has 1 aromatic heterocycles. The van der Waals surface area contributed by atoms with Crippen LogP contribution in [0.15, 0.2) is 54.7 Å². The van der Waals surface area contributed by atoms with Gasteiger partial charge in [0.2, 0.25) is 5.11 Å². The predicted octanol–water partition coefficient (Wildman–Crippen LogP) is 6.44. The summed E-state index contributed by atoms with van der Waals surface area (Å²) in [5.41, 5.74) is 4.56. The Balaban J connectivity index is 1.34. The summed E-state index contributed by atoms with van der Waals surface area (Å²) in [5.74, 6) is 0.624. The van der Waals surface area contributed by atoms with Crippen LogP contribution < -0.4 is 10.4 Å². The Hall–Kier alpha value is -2.41. The van der Waals surface area contributed by atoms with Crippen LogP contribution in [0, 0.1) is 0 Å². The molecule has 2 aliphatic rings. The molecule has 5 nitrogen and oxygen atoms in total. The third-order valence-electron chi connectivity index (χ3n) is 7.12. The molecule has 3 aromatic rings. The van der Waals surface area contributed by atoms with Gasteiger partial charge in [-0.15, -0.1) is 0 Å². The van der Waals surface area contributed by atoms with E-state index < -0.39 is 0 Å².